The number of benzene rings is 2. The van der Waals surface area contributed by atoms with Crippen LogP contribution in [0.4, 0.5) is 0 Å². The Labute approximate surface area is 130 Å². The van der Waals surface area contributed by atoms with E-state index < -0.39 is 0 Å². The Hall–Kier alpha value is -0.290. The molecule has 1 nitrogen and oxygen atoms in total. The minimum absolute atomic E-state index is 0.0978. The summed E-state index contributed by atoms with van der Waals surface area (Å²) in [5, 5.41) is 1.49. The van der Waals surface area contributed by atoms with Gasteiger partial charge in [0.2, 0.25) is 0 Å². The molecule has 2 aromatic carbocycles. The van der Waals surface area contributed by atoms with Gasteiger partial charge in [-0.3, -0.25) is 0 Å². The molecule has 94 valence electrons. The average molecular weight is 392 g/mol. The van der Waals surface area contributed by atoms with Crippen LogP contribution in [-0.2, 0) is 6.42 Å². The summed E-state index contributed by atoms with van der Waals surface area (Å²) in [7, 11) is 0. The summed E-state index contributed by atoms with van der Waals surface area (Å²) in [6.45, 7) is 0. The van der Waals surface area contributed by atoms with Crippen molar-refractivity contribution in [2.45, 2.75) is 12.5 Å². The van der Waals surface area contributed by atoms with E-state index in [0.29, 0.717) is 6.42 Å². The zero-order valence-corrected chi connectivity index (χ0v) is 13.2. The molecule has 2 aromatic rings. The summed E-state index contributed by atoms with van der Waals surface area (Å²) in [4.78, 5) is 0. The van der Waals surface area contributed by atoms with Gasteiger partial charge in [-0.2, -0.15) is 0 Å². The van der Waals surface area contributed by atoms with Crippen LogP contribution in [0.5, 0.6) is 0 Å². The van der Waals surface area contributed by atoms with Crippen LogP contribution in [0.25, 0.3) is 0 Å². The van der Waals surface area contributed by atoms with Gasteiger partial charge in [0.25, 0.3) is 0 Å². The highest BCUT2D eigenvalue weighted by Gasteiger charge is 2.10. The second-order valence-electron chi connectivity index (χ2n) is 4.08. The van der Waals surface area contributed by atoms with Gasteiger partial charge in [-0.15, -0.1) is 0 Å². The average Bonchev–Trinajstić information content (AvgIpc) is 2.35. The molecule has 0 bridgehead atoms. The van der Waals surface area contributed by atoms with Crippen molar-refractivity contribution in [3.8, 4) is 0 Å². The molecule has 0 saturated carbocycles. The van der Waals surface area contributed by atoms with Gasteiger partial charge < -0.3 is 5.73 Å². The SMILES string of the molecule is NC(Cc1ccccc1Cl)c1ccc(I)c(Cl)c1. The van der Waals surface area contributed by atoms with Gasteiger partial charge >= 0.3 is 0 Å². The Morgan fingerprint density at radius 2 is 1.78 bits per heavy atom. The lowest BCUT2D eigenvalue weighted by Gasteiger charge is -2.14. The molecule has 0 fully saturated rings. The standard InChI is InChI=1S/C14H12Cl2IN/c15-11-4-2-1-3-9(11)8-14(18)10-5-6-13(17)12(16)7-10/h1-7,14H,8,18H2. The molecule has 0 saturated heterocycles. The zero-order valence-electron chi connectivity index (χ0n) is 9.54. The van der Waals surface area contributed by atoms with Crippen molar-refractivity contribution in [3.63, 3.8) is 0 Å². The zero-order chi connectivity index (χ0) is 13.1. The third-order valence-electron chi connectivity index (χ3n) is 2.77. The number of nitrogens with two attached hydrogens (primary N) is 1. The van der Waals surface area contributed by atoms with E-state index in [0.717, 1.165) is 24.7 Å². The molecule has 0 heterocycles. The van der Waals surface area contributed by atoms with Crippen molar-refractivity contribution < 1.29 is 0 Å². The molecule has 2 rings (SSSR count). The lowest BCUT2D eigenvalue weighted by molar-refractivity contribution is 0.722. The van der Waals surface area contributed by atoms with E-state index >= 15 is 0 Å². The van der Waals surface area contributed by atoms with Gasteiger partial charge in [0.15, 0.2) is 0 Å². The summed E-state index contributed by atoms with van der Waals surface area (Å²) in [5.41, 5.74) is 8.28. The fourth-order valence-corrected chi connectivity index (χ4v) is 2.50. The van der Waals surface area contributed by atoms with Crippen LogP contribution in [0.3, 0.4) is 0 Å². The fourth-order valence-electron chi connectivity index (χ4n) is 1.76. The van der Waals surface area contributed by atoms with Gasteiger partial charge in [0, 0.05) is 14.6 Å². The molecule has 0 amide bonds. The lowest BCUT2D eigenvalue weighted by Crippen LogP contribution is -2.13. The highest BCUT2D eigenvalue weighted by Crippen LogP contribution is 2.26. The Morgan fingerprint density at radius 3 is 2.44 bits per heavy atom. The van der Waals surface area contributed by atoms with Crippen LogP contribution in [-0.4, -0.2) is 0 Å². The van der Waals surface area contributed by atoms with Gasteiger partial charge in [-0.05, 0) is 58.3 Å². The quantitative estimate of drug-likeness (QED) is 0.744. The Bertz CT molecular complexity index is 557. The molecule has 0 aliphatic rings. The van der Waals surface area contributed by atoms with Crippen LogP contribution in [0.1, 0.15) is 17.2 Å². The number of hydrogen-bond donors (Lipinski definition) is 1. The molecular formula is C14H12Cl2IN. The van der Waals surface area contributed by atoms with Crippen LogP contribution in [0.2, 0.25) is 10.0 Å². The fraction of sp³-hybridized carbons (Fsp3) is 0.143. The number of rotatable bonds is 3. The van der Waals surface area contributed by atoms with Crippen molar-refractivity contribution in [2.24, 2.45) is 5.73 Å². The third-order valence-corrected chi connectivity index (χ3v) is 4.71. The van der Waals surface area contributed by atoms with E-state index in [1.54, 1.807) is 0 Å². The summed E-state index contributed by atoms with van der Waals surface area (Å²) in [6, 6.07) is 13.6. The minimum atomic E-state index is -0.0978. The second kappa shape index (κ2) is 6.24. The van der Waals surface area contributed by atoms with Crippen molar-refractivity contribution in [2.75, 3.05) is 0 Å². The van der Waals surface area contributed by atoms with Crippen molar-refractivity contribution in [1.29, 1.82) is 0 Å². The molecule has 0 aliphatic carbocycles. The normalized spacial score (nSPS) is 12.4. The molecular weight excluding hydrogens is 380 g/mol. The molecule has 0 spiro atoms. The maximum Gasteiger partial charge on any atom is 0.0542 e. The molecule has 4 heteroatoms. The van der Waals surface area contributed by atoms with E-state index in [4.69, 9.17) is 28.9 Å². The van der Waals surface area contributed by atoms with Gasteiger partial charge in [-0.25, -0.2) is 0 Å². The lowest BCUT2D eigenvalue weighted by atomic mass is 10.00. The maximum atomic E-state index is 6.20. The van der Waals surface area contributed by atoms with Gasteiger partial charge in [-0.1, -0.05) is 47.5 Å². The first-order valence-corrected chi connectivity index (χ1v) is 7.35. The first kappa shape index (κ1) is 14.1. The third kappa shape index (κ3) is 3.38. The summed E-state index contributed by atoms with van der Waals surface area (Å²) in [6.07, 6.45) is 0.705. The van der Waals surface area contributed by atoms with Crippen LogP contribution in [0, 0.1) is 3.57 Å². The highest BCUT2D eigenvalue weighted by molar-refractivity contribution is 14.1. The molecule has 0 aromatic heterocycles. The molecule has 1 atom stereocenters. The first-order valence-electron chi connectivity index (χ1n) is 5.52. The molecule has 2 N–H and O–H groups in total. The predicted molar refractivity (Wildman–Crippen MR) is 86.3 cm³/mol. The molecule has 1 unspecified atom stereocenters. The molecule has 0 radical (unpaired) electrons. The van der Waals surface area contributed by atoms with Crippen molar-refractivity contribution in [1.82, 2.24) is 0 Å². The van der Waals surface area contributed by atoms with Crippen molar-refractivity contribution in [3.05, 3.63) is 67.2 Å². The summed E-state index contributed by atoms with van der Waals surface area (Å²) in [5.74, 6) is 0. The van der Waals surface area contributed by atoms with E-state index in [9.17, 15) is 0 Å². The smallest absolute Gasteiger partial charge is 0.0542 e. The molecule has 0 aliphatic heterocycles. The maximum absolute atomic E-state index is 6.20. The van der Waals surface area contributed by atoms with E-state index in [2.05, 4.69) is 22.6 Å². The minimum Gasteiger partial charge on any atom is -0.324 e. The molecule has 18 heavy (non-hydrogen) atoms. The second-order valence-corrected chi connectivity index (χ2v) is 6.05. The predicted octanol–water partition coefficient (Wildman–Crippen LogP) is 4.84. The Morgan fingerprint density at radius 1 is 1.06 bits per heavy atom. The van der Waals surface area contributed by atoms with E-state index in [1.807, 2.05) is 42.5 Å². The van der Waals surface area contributed by atoms with Crippen LogP contribution < -0.4 is 5.73 Å². The Balaban J connectivity index is 2.19. The largest absolute Gasteiger partial charge is 0.324 e. The van der Waals surface area contributed by atoms with Gasteiger partial charge in [0.1, 0.15) is 0 Å². The number of hydrogen-bond acceptors (Lipinski definition) is 1. The van der Waals surface area contributed by atoms with Crippen LogP contribution >= 0.6 is 45.8 Å². The van der Waals surface area contributed by atoms with Gasteiger partial charge in [0.05, 0.1) is 5.02 Å². The van der Waals surface area contributed by atoms with E-state index in [-0.39, 0.29) is 6.04 Å². The first-order chi connectivity index (χ1) is 8.58. The van der Waals surface area contributed by atoms with Crippen molar-refractivity contribution >= 4 is 45.8 Å². The number of halogens is 3. The van der Waals surface area contributed by atoms with E-state index in [1.165, 1.54) is 0 Å². The highest BCUT2D eigenvalue weighted by atomic mass is 127. The summed E-state index contributed by atoms with van der Waals surface area (Å²) >= 11 is 14.4. The Kier molecular flexibility index (Phi) is 4.90. The summed E-state index contributed by atoms with van der Waals surface area (Å²) < 4.78 is 1.03. The van der Waals surface area contributed by atoms with Crippen LogP contribution in [0.15, 0.2) is 42.5 Å². The topological polar surface area (TPSA) is 26.0 Å². The monoisotopic (exact) mass is 391 g/mol.